The summed E-state index contributed by atoms with van der Waals surface area (Å²) in [6, 6.07) is 28.3. The summed E-state index contributed by atoms with van der Waals surface area (Å²) in [5, 5.41) is 14.7. The van der Waals surface area contributed by atoms with Crippen LogP contribution in [0, 0.1) is 11.3 Å². The first-order valence-electron chi connectivity index (χ1n) is 11.3. The maximum absolute atomic E-state index is 12.7. The monoisotopic (exact) mass is 569 g/mol. The normalized spacial score (nSPS) is 11.5. The average Bonchev–Trinajstić information content (AvgIpc) is 3.40. The van der Waals surface area contributed by atoms with Crippen molar-refractivity contribution in [2.24, 2.45) is 0 Å². The number of rotatable bonds is 7. The molecule has 0 radical (unpaired) electrons. The molecule has 6 nitrogen and oxygen atoms in total. The predicted octanol–water partition coefficient (Wildman–Crippen LogP) is 7.36. The molecule has 0 aliphatic rings. The first-order chi connectivity index (χ1) is 18.0. The van der Waals surface area contributed by atoms with E-state index in [4.69, 9.17) is 9.47 Å². The van der Waals surface area contributed by atoms with Crippen LogP contribution in [-0.2, 0) is 0 Å². The fraction of sp³-hybridized carbons (Fsp3) is 0.0690. The fourth-order valence-corrected chi connectivity index (χ4v) is 5.05. The highest BCUT2D eigenvalue weighted by atomic mass is 79.9. The summed E-state index contributed by atoms with van der Waals surface area (Å²) < 4.78 is 12.6. The molecule has 5 rings (SSSR count). The summed E-state index contributed by atoms with van der Waals surface area (Å²) in [6.07, 6.45) is 1.22. The van der Waals surface area contributed by atoms with Gasteiger partial charge in [0.05, 0.1) is 23.6 Å². The van der Waals surface area contributed by atoms with Crippen LogP contribution in [0.1, 0.15) is 32.5 Å². The summed E-state index contributed by atoms with van der Waals surface area (Å²) in [5.41, 5.74) is 1.93. The quantitative estimate of drug-likeness (QED) is 0.221. The van der Waals surface area contributed by atoms with Gasteiger partial charge in [0.15, 0.2) is 11.2 Å². The zero-order valence-corrected chi connectivity index (χ0v) is 22.0. The topological polar surface area (TPSA) is 84.2 Å². The van der Waals surface area contributed by atoms with Gasteiger partial charge in [-0.25, -0.2) is 4.98 Å². The van der Waals surface area contributed by atoms with Crippen molar-refractivity contribution in [3.63, 3.8) is 0 Å². The van der Waals surface area contributed by atoms with E-state index in [2.05, 4.69) is 38.4 Å². The Morgan fingerprint density at radius 2 is 1.68 bits per heavy atom. The van der Waals surface area contributed by atoms with E-state index in [0.29, 0.717) is 27.8 Å². The van der Waals surface area contributed by atoms with E-state index in [1.54, 1.807) is 49.7 Å². The zero-order chi connectivity index (χ0) is 25.8. The number of halogens is 1. The maximum Gasteiger partial charge on any atom is 0.257 e. The average molecular weight is 570 g/mol. The van der Waals surface area contributed by atoms with Gasteiger partial charge in [-0.2, -0.15) is 5.26 Å². The van der Waals surface area contributed by atoms with Crippen molar-refractivity contribution in [3.8, 4) is 17.6 Å². The van der Waals surface area contributed by atoms with Crippen LogP contribution < -0.4 is 14.8 Å². The van der Waals surface area contributed by atoms with E-state index in [1.807, 2.05) is 42.5 Å². The predicted molar refractivity (Wildman–Crippen MR) is 148 cm³/mol. The highest BCUT2D eigenvalue weighted by Crippen LogP contribution is 2.35. The molecule has 0 bridgehead atoms. The number of thiazole rings is 1. The van der Waals surface area contributed by atoms with Crippen molar-refractivity contribution in [1.82, 2.24) is 4.98 Å². The van der Waals surface area contributed by atoms with Crippen LogP contribution in [0.5, 0.6) is 11.5 Å². The Labute approximate surface area is 226 Å². The largest absolute Gasteiger partial charge is 0.497 e. The lowest BCUT2D eigenvalue weighted by Gasteiger charge is -2.19. The Kier molecular flexibility index (Phi) is 7.17. The van der Waals surface area contributed by atoms with Crippen LogP contribution in [0.2, 0.25) is 0 Å². The number of nitrogens with one attached hydrogen (secondary N) is 1. The zero-order valence-electron chi connectivity index (χ0n) is 19.6. The van der Waals surface area contributed by atoms with Gasteiger partial charge in [0.1, 0.15) is 11.5 Å². The molecule has 37 heavy (non-hydrogen) atoms. The highest BCUT2D eigenvalue weighted by Gasteiger charge is 2.21. The van der Waals surface area contributed by atoms with Crippen LogP contribution in [0.15, 0.2) is 95.6 Å². The molecular formula is C29H20BrN3O3S. The van der Waals surface area contributed by atoms with Crippen molar-refractivity contribution in [3.05, 3.63) is 117 Å². The summed E-state index contributed by atoms with van der Waals surface area (Å²) in [6.45, 7) is 0. The smallest absolute Gasteiger partial charge is 0.257 e. The molecule has 0 spiro atoms. The number of methoxy groups -OCH3 is 1. The Morgan fingerprint density at radius 1 is 0.973 bits per heavy atom. The molecule has 1 aromatic heterocycles. The summed E-state index contributed by atoms with van der Waals surface area (Å²) >= 11 is 4.85. The molecule has 4 aromatic carbocycles. The number of hydrogen-bond donors (Lipinski definition) is 1. The number of benzene rings is 4. The minimum Gasteiger partial charge on any atom is -0.497 e. The van der Waals surface area contributed by atoms with Gasteiger partial charge in [0, 0.05) is 16.2 Å². The first-order valence-corrected chi connectivity index (χ1v) is 12.9. The molecule has 1 amide bonds. The van der Waals surface area contributed by atoms with Crippen LogP contribution in [0.25, 0.3) is 10.8 Å². The number of nitrogens with zero attached hydrogens (tertiary/aromatic N) is 2. The molecule has 8 heteroatoms. The molecule has 0 aliphatic heterocycles. The third-order valence-corrected chi connectivity index (χ3v) is 7.17. The van der Waals surface area contributed by atoms with Crippen LogP contribution in [0.4, 0.5) is 5.13 Å². The Morgan fingerprint density at radius 3 is 2.41 bits per heavy atom. The van der Waals surface area contributed by atoms with Crippen molar-refractivity contribution in [2.45, 2.75) is 6.10 Å². The molecule has 5 aromatic rings. The number of carbonyl (C=O) groups excluding carboxylic acids is 1. The summed E-state index contributed by atoms with van der Waals surface area (Å²) in [4.78, 5) is 18.0. The standard InChI is InChI=1S/C29H20BrN3O3S/c1-35-24-11-7-20(8-12-24)28(34)33-29-32-17-26(37-29)27(19-4-2-18(16-31)3-5-19)36-25-13-9-21-14-23(30)10-6-22(21)15-25/h2-15,17,27H,1H3,(H,32,33,34). The van der Waals surface area contributed by atoms with E-state index in [1.165, 1.54) is 11.3 Å². The van der Waals surface area contributed by atoms with Gasteiger partial charge in [-0.1, -0.05) is 51.5 Å². The Bertz CT molecular complexity index is 1610. The van der Waals surface area contributed by atoms with Gasteiger partial charge in [0.2, 0.25) is 0 Å². The molecule has 0 aliphatic carbocycles. The number of aromatic nitrogens is 1. The molecule has 0 saturated heterocycles. The molecule has 0 fully saturated rings. The number of nitriles is 1. The Hall–Kier alpha value is -4.19. The summed E-state index contributed by atoms with van der Waals surface area (Å²) in [5.74, 6) is 1.11. The lowest BCUT2D eigenvalue weighted by molar-refractivity contribution is 0.102. The number of ether oxygens (including phenoxy) is 2. The lowest BCUT2D eigenvalue weighted by atomic mass is 10.1. The molecule has 1 unspecified atom stereocenters. The van der Waals surface area contributed by atoms with Crippen LogP contribution >= 0.6 is 27.3 Å². The van der Waals surface area contributed by atoms with E-state index in [-0.39, 0.29) is 5.91 Å². The highest BCUT2D eigenvalue weighted by molar-refractivity contribution is 9.10. The minimum absolute atomic E-state index is 0.264. The molecule has 0 saturated carbocycles. The van der Waals surface area contributed by atoms with Gasteiger partial charge in [-0.15, -0.1) is 0 Å². The van der Waals surface area contributed by atoms with Gasteiger partial charge in [-0.3, -0.25) is 10.1 Å². The van der Waals surface area contributed by atoms with E-state index in [0.717, 1.165) is 25.7 Å². The summed E-state index contributed by atoms with van der Waals surface area (Å²) in [7, 11) is 1.58. The number of hydrogen-bond acceptors (Lipinski definition) is 6. The van der Waals surface area contributed by atoms with Gasteiger partial charge in [0.25, 0.3) is 5.91 Å². The van der Waals surface area contributed by atoms with E-state index < -0.39 is 6.10 Å². The van der Waals surface area contributed by atoms with E-state index >= 15 is 0 Å². The molecule has 1 atom stereocenters. The van der Waals surface area contributed by atoms with Gasteiger partial charge in [-0.05, 0) is 77.0 Å². The third-order valence-electron chi connectivity index (χ3n) is 5.72. The van der Waals surface area contributed by atoms with E-state index in [9.17, 15) is 10.1 Å². The minimum atomic E-state index is -0.482. The second-order valence-electron chi connectivity index (χ2n) is 8.14. The molecule has 1 N–H and O–H groups in total. The van der Waals surface area contributed by atoms with Crippen molar-refractivity contribution >= 4 is 49.1 Å². The van der Waals surface area contributed by atoms with Gasteiger partial charge < -0.3 is 9.47 Å². The van der Waals surface area contributed by atoms with Crippen LogP contribution in [-0.4, -0.2) is 18.0 Å². The molecular weight excluding hydrogens is 550 g/mol. The second kappa shape index (κ2) is 10.8. The van der Waals surface area contributed by atoms with Crippen molar-refractivity contribution < 1.29 is 14.3 Å². The SMILES string of the molecule is COc1ccc(C(=O)Nc2ncc(C(Oc3ccc4cc(Br)ccc4c3)c3ccc(C#N)cc3)s2)cc1. The van der Waals surface area contributed by atoms with Crippen molar-refractivity contribution in [1.29, 1.82) is 5.26 Å². The van der Waals surface area contributed by atoms with Gasteiger partial charge >= 0.3 is 0 Å². The van der Waals surface area contributed by atoms with Crippen molar-refractivity contribution in [2.75, 3.05) is 12.4 Å². The number of fused-ring (bicyclic) bond motifs is 1. The number of carbonyl (C=O) groups is 1. The number of amides is 1. The lowest BCUT2D eigenvalue weighted by Crippen LogP contribution is -2.11. The fourth-order valence-electron chi connectivity index (χ4n) is 3.80. The molecule has 1 heterocycles. The second-order valence-corrected chi connectivity index (χ2v) is 10.1. The third kappa shape index (κ3) is 5.64. The Balaban J connectivity index is 1.43. The maximum atomic E-state index is 12.7. The number of anilines is 1. The molecule has 182 valence electrons. The van der Waals surface area contributed by atoms with Crippen LogP contribution in [0.3, 0.4) is 0 Å². The first kappa shape index (κ1) is 24.5.